The lowest BCUT2D eigenvalue weighted by atomic mass is 9.99. The minimum absolute atomic E-state index is 0.220. The van der Waals surface area contributed by atoms with Crippen molar-refractivity contribution in [1.82, 2.24) is 0 Å². The highest BCUT2D eigenvalue weighted by molar-refractivity contribution is 5.84. The SMILES string of the molecule is OC(ON=C1CCCCC1)c1ccc2c(c1)OCO2. The number of aliphatic hydroxyl groups excluding tert-OH is 1. The van der Waals surface area contributed by atoms with Gasteiger partial charge in [0, 0.05) is 5.56 Å². The van der Waals surface area contributed by atoms with Crippen molar-refractivity contribution in [1.29, 1.82) is 0 Å². The first-order valence-corrected chi connectivity index (χ1v) is 6.62. The van der Waals surface area contributed by atoms with Crippen molar-refractivity contribution in [2.24, 2.45) is 5.16 Å². The summed E-state index contributed by atoms with van der Waals surface area (Å²) >= 11 is 0. The molecule has 1 aliphatic carbocycles. The number of hydrogen-bond donors (Lipinski definition) is 1. The Hall–Kier alpha value is -1.75. The molecule has 2 aliphatic rings. The number of rotatable bonds is 3. The smallest absolute Gasteiger partial charge is 0.250 e. The van der Waals surface area contributed by atoms with Crippen LogP contribution in [0.3, 0.4) is 0 Å². The molecule has 0 spiro atoms. The molecule has 3 rings (SSSR count). The molecule has 1 aliphatic heterocycles. The van der Waals surface area contributed by atoms with Crippen LogP contribution in [0, 0.1) is 0 Å². The predicted molar refractivity (Wildman–Crippen MR) is 69.1 cm³/mol. The Kier molecular flexibility index (Phi) is 3.55. The molecule has 0 bridgehead atoms. The lowest BCUT2D eigenvalue weighted by Crippen LogP contribution is -2.07. The van der Waals surface area contributed by atoms with Gasteiger partial charge in [-0.2, -0.15) is 0 Å². The number of ether oxygens (including phenoxy) is 2. The van der Waals surface area contributed by atoms with Gasteiger partial charge in [-0.15, -0.1) is 0 Å². The maximum absolute atomic E-state index is 9.96. The van der Waals surface area contributed by atoms with Gasteiger partial charge in [-0.1, -0.05) is 11.6 Å². The first kappa shape index (κ1) is 12.3. The van der Waals surface area contributed by atoms with E-state index in [4.69, 9.17) is 14.3 Å². The summed E-state index contributed by atoms with van der Waals surface area (Å²) in [6.07, 6.45) is 4.43. The summed E-state index contributed by atoms with van der Waals surface area (Å²) in [5.41, 5.74) is 1.65. The van der Waals surface area contributed by atoms with E-state index in [1.807, 2.05) is 0 Å². The molecular weight excluding hydrogens is 246 g/mol. The third-order valence-electron chi connectivity index (χ3n) is 3.39. The molecule has 1 saturated carbocycles. The first-order valence-electron chi connectivity index (χ1n) is 6.62. The Morgan fingerprint density at radius 1 is 1.11 bits per heavy atom. The van der Waals surface area contributed by atoms with Gasteiger partial charge in [0.25, 0.3) is 6.29 Å². The van der Waals surface area contributed by atoms with Crippen molar-refractivity contribution in [2.45, 2.75) is 38.4 Å². The number of benzene rings is 1. The van der Waals surface area contributed by atoms with Crippen LogP contribution >= 0.6 is 0 Å². The van der Waals surface area contributed by atoms with Gasteiger partial charge in [-0.05, 0) is 43.9 Å². The summed E-state index contributed by atoms with van der Waals surface area (Å²) in [4.78, 5) is 5.17. The molecule has 5 heteroatoms. The predicted octanol–water partition coefficient (Wildman–Crippen LogP) is 2.74. The quantitative estimate of drug-likeness (QED) is 0.673. The summed E-state index contributed by atoms with van der Waals surface area (Å²) in [6.45, 7) is 0.220. The van der Waals surface area contributed by atoms with Crippen LogP contribution in [0.1, 0.15) is 44.0 Å². The molecule has 5 nitrogen and oxygen atoms in total. The molecule has 19 heavy (non-hydrogen) atoms. The zero-order chi connectivity index (χ0) is 13.1. The molecule has 0 amide bonds. The molecule has 1 aromatic rings. The Morgan fingerprint density at radius 3 is 2.74 bits per heavy atom. The highest BCUT2D eigenvalue weighted by Gasteiger charge is 2.17. The average Bonchev–Trinajstić information content (AvgIpc) is 2.93. The van der Waals surface area contributed by atoms with Crippen LogP contribution in [-0.4, -0.2) is 17.6 Å². The van der Waals surface area contributed by atoms with E-state index in [1.165, 1.54) is 6.42 Å². The maximum Gasteiger partial charge on any atom is 0.250 e. The van der Waals surface area contributed by atoms with E-state index in [-0.39, 0.29) is 6.79 Å². The highest BCUT2D eigenvalue weighted by Crippen LogP contribution is 2.34. The topological polar surface area (TPSA) is 60.3 Å². The Bertz CT molecular complexity index is 478. The van der Waals surface area contributed by atoms with E-state index < -0.39 is 6.29 Å². The molecule has 1 fully saturated rings. The number of nitrogens with zero attached hydrogens (tertiary/aromatic N) is 1. The van der Waals surface area contributed by atoms with E-state index in [9.17, 15) is 5.11 Å². The van der Waals surface area contributed by atoms with Crippen molar-refractivity contribution >= 4 is 5.71 Å². The zero-order valence-electron chi connectivity index (χ0n) is 10.7. The number of aliphatic hydroxyl groups is 1. The summed E-state index contributed by atoms with van der Waals surface area (Å²) in [5.74, 6) is 1.32. The van der Waals surface area contributed by atoms with Crippen LogP contribution in [0.2, 0.25) is 0 Å². The first-order chi connectivity index (χ1) is 9.33. The monoisotopic (exact) mass is 263 g/mol. The van der Waals surface area contributed by atoms with Crippen LogP contribution in [0.4, 0.5) is 0 Å². The van der Waals surface area contributed by atoms with Gasteiger partial charge in [0.2, 0.25) is 6.79 Å². The lowest BCUT2D eigenvalue weighted by Gasteiger charge is -2.14. The number of oxime groups is 1. The summed E-state index contributed by atoms with van der Waals surface area (Å²) in [5, 5.41) is 14.0. The van der Waals surface area contributed by atoms with Gasteiger partial charge >= 0.3 is 0 Å². The zero-order valence-corrected chi connectivity index (χ0v) is 10.7. The van der Waals surface area contributed by atoms with Crippen LogP contribution < -0.4 is 9.47 Å². The van der Waals surface area contributed by atoms with Crippen LogP contribution in [0.15, 0.2) is 23.4 Å². The maximum atomic E-state index is 9.96. The van der Waals surface area contributed by atoms with E-state index >= 15 is 0 Å². The van der Waals surface area contributed by atoms with Crippen molar-refractivity contribution in [2.75, 3.05) is 6.79 Å². The highest BCUT2D eigenvalue weighted by atomic mass is 16.7. The Labute approximate surface area is 111 Å². The fraction of sp³-hybridized carbons (Fsp3) is 0.500. The van der Waals surface area contributed by atoms with E-state index in [0.717, 1.165) is 31.4 Å². The molecule has 1 atom stereocenters. The molecule has 0 aromatic heterocycles. The van der Waals surface area contributed by atoms with Gasteiger partial charge in [0.1, 0.15) is 0 Å². The van der Waals surface area contributed by atoms with E-state index in [1.54, 1.807) is 18.2 Å². The molecule has 0 saturated heterocycles. The Morgan fingerprint density at radius 2 is 1.89 bits per heavy atom. The van der Waals surface area contributed by atoms with Crippen molar-refractivity contribution < 1.29 is 19.4 Å². The summed E-state index contributed by atoms with van der Waals surface area (Å²) < 4.78 is 10.5. The summed E-state index contributed by atoms with van der Waals surface area (Å²) in [6, 6.07) is 5.23. The van der Waals surface area contributed by atoms with Crippen molar-refractivity contribution in [3.63, 3.8) is 0 Å². The van der Waals surface area contributed by atoms with Gasteiger partial charge in [-0.25, -0.2) is 0 Å². The largest absolute Gasteiger partial charge is 0.454 e. The third kappa shape index (κ3) is 2.81. The average molecular weight is 263 g/mol. The third-order valence-corrected chi connectivity index (χ3v) is 3.39. The van der Waals surface area contributed by atoms with Gasteiger partial charge in [0.05, 0.1) is 5.71 Å². The molecule has 1 unspecified atom stereocenters. The minimum atomic E-state index is -1.07. The standard InChI is InChI=1S/C14H17NO4/c16-14(19-15-11-4-2-1-3-5-11)10-6-7-12-13(8-10)18-9-17-12/h6-8,14,16H,1-5,9H2. The van der Waals surface area contributed by atoms with E-state index in [0.29, 0.717) is 17.1 Å². The Balaban J connectivity index is 1.65. The van der Waals surface area contributed by atoms with Crippen LogP contribution in [-0.2, 0) is 4.84 Å². The number of fused-ring (bicyclic) bond motifs is 1. The van der Waals surface area contributed by atoms with Gasteiger partial charge in [-0.3, -0.25) is 0 Å². The van der Waals surface area contributed by atoms with Crippen molar-refractivity contribution in [3.05, 3.63) is 23.8 Å². The molecule has 1 aromatic carbocycles. The van der Waals surface area contributed by atoms with Crippen molar-refractivity contribution in [3.8, 4) is 11.5 Å². The molecule has 102 valence electrons. The van der Waals surface area contributed by atoms with E-state index in [2.05, 4.69) is 5.16 Å². The second-order valence-corrected chi connectivity index (χ2v) is 4.79. The molecular formula is C14H17NO4. The van der Waals surface area contributed by atoms with Crippen LogP contribution in [0.25, 0.3) is 0 Å². The lowest BCUT2D eigenvalue weighted by molar-refractivity contribution is -0.102. The fourth-order valence-corrected chi connectivity index (χ4v) is 2.30. The normalized spacial score (nSPS) is 19.1. The second kappa shape index (κ2) is 5.48. The minimum Gasteiger partial charge on any atom is -0.454 e. The molecule has 0 radical (unpaired) electrons. The van der Waals surface area contributed by atoms with Gasteiger partial charge in [0.15, 0.2) is 11.5 Å². The second-order valence-electron chi connectivity index (χ2n) is 4.79. The molecule has 1 heterocycles. The molecule has 1 N–H and O–H groups in total. The van der Waals surface area contributed by atoms with Crippen LogP contribution in [0.5, 0.6) is 11.5 Å². The van der Waals surface area contributed by atoms with Gasteiger partial charge < -0.3 is 19.4 Å². The number of hydrogen-bond acceptors (Lipinski definition) is 5. The summed E-state index contributed by atoms with van der Waals surface area (Å²) in [7, 11) is 0. The fourth-order valence-electron chi connectivity index (χ4n) is 2.30.